The Bertz CT molecular complexity index is 723. The Balaban J connectivity index is 2.08. The molecular weight excluding hydrogens is 284 g/mol. The van der Waals surface area contributed by atoms with Gasteiger partial charge in [0, 0.05) is 18.3 Å². The molecule has 108 valence electrons. The summed E-state index contributed by atoms with van der Waals surface area (Å²) in [4.78, 5) is 13.8. The fourth-order valence-corrected chi connectivity index (χ4v) is 2.87. The predicted octanol–water partition coefficient (Wildman–Crippen LogP) is 1.88. The van der Waals surface area contributed by atoms with Crippen LogP contribution in [0.2, 0.25) is 0 Å². The van der Waals surface area contributed by atoms with E-state index >= 15 is 0 Å². The predicted molar refractivity (Wildman–Crippen MR) is 84.3 cm³/mol. The lowest BCUT2D eigenvalue weighted by Crippen LogP contribution is -2.25. The lowest BCUT2D eigenvalue weighted by atomic mass is 10.1. The molecule has 0 radical (unpaired) electrons. The Morgan fingerprint density at radius 3 is 2.48 bits per heavy atom. The Morgan fingerprint density at radius 2 is 1.90 bits per heavy atom. The van der Waals surface area contributed by atoms with Crippen LogP contribution >= 0.6 is 12.2 Å². The van der Waals surface area contributed by atoms with Crippen molar-refractivity contribution in [2.75, 3.05) is 7.05 Å². The number of aryl methyl sites for hydroxylation is 1. The first-order valence-electron chi connectivity index (χ1n) is 6.70. The molecule has 1 amide bonds. The quantitative estimate of drug-likeness (QED) is 0.860. The summed E-state index contributed by atoms with van der Waals surface area (Å²) in [5.41, 5.74) is 3.66. The molecule has 1 N–H and O–H groups in total. The van der Waals surface area contributed by atoms with E-state index in [1.807, 2.05) is 48.9 Å². The number of carbonyl (C=O) groups is 1. The molecule has 5 nitrogen and oxygen atoms in total. The van der Waals surface area contributed by atoms with Crippen molar-refractivity contribution in [1.29, 1.82) is 0 Å². The van der Waals surface area contributed by atoms with Gasteiger partial charge in [-0.2, -0.15) is 5.10 Å². The van der Waals surface area contributed by atoms with Crippen molar-refractivity contribution in [2.24, 2.45) is 0 Å². The van der Waals surface area contributed by atoms with Crippen LogP contribution in [0.4, 0.5) is 0 Å². The number of amides is 1. The van der Waals surface area contributed by atoms with Crippen molar-refractivity contribution in [3.05, 3.63) is 47.3 Å². The average molecular weight is 300 g/mol. The van der Waals surface area contributed by atoms with E-state index < -0.39 is 6.04 Å². The molecule has 0 bridgehead atoms. The number of likely N-dealkylation sites (N-methyl/N-ethyl adjacent to an activating group) is 1. The molecule has 1 saturated heterocycles. The third-order valence-corrected chi connectivity index (χ3v) is 4.18. The second-order valence-corrected chi connectivity index (χ2v) is 5.50. The number of para-hydroxylation sites is 1. The summed E-state index contributed by atoms with van der Waals surface area (Å²) >= 11 is 5.15. The van der Waals surface area contributed by atoms with Crippen LogP contribution < -0.4 is 5.32 Å². The van der Waals surface area contributed by atoms with Crippen molar-refractivity contribution in [3.63, 3.8) is 0 Å². The van der Waals surface area contributed by atoms with Gasteiger partial charge >= 0.3 is 0 Å². The number of aromatic nitrogens is 2. The summed E-state index contributed by atoms with van der Waals surface area (Å²) in [5, 5.41) is 8.10. The number of carbonyl (C=O) groups excluding carboxylic acids is 1. The van der Waals surface area contributed by atoms with Crippen LogP contribution in [-0.2, 0) is 4.79 Å². The first-order chi connectivity index (χ1) is 10.0. The van der Waals surface area contributed by atoms with Gasteiger partial charge in [0.05, 0.1) is 11.4 Å². The maximum absolute atomic E-state index is 12.3. The summed E-state index contributed by atoms with van der Waals surface area (Å²) in [6, 6.07) is 9.43. The van der Waals surface area contributed by atoms with E-state index in [2.05, 4.69) is 10.4 Å². The minimum absolute atomic E-state index is 0.0428. The summed E-state index contributed by atoms with van der Waals surface area (Å²) in [7, 11) is 1.68. The van der Waals surface area contributed by atoms with Gasteiger partial charge in [0.25, 0.3) is 5.91 Å². The van der Waals surface area contributed by atoms with E-state index in [1.165, 1.54) is 4.90 Å². The molecule has 1 aromatic heterocycles. The molecule has 0 saturated carbocycles. The lowest BCUT2D eigenvalue weighted by molar-refractivity contribution is -0.126. The Kier molecular flexibility index (Phi) is 3.25. The number of rotatable bonds is 2. The van der Waals surface area contributed by atoms with Crippen molar-refractivity contribution < 1.29 is 4.79 Å². The second kappa shape index (κ2) is 4.96. The maximum Gasteiger partial charge on any atom is 0.255 e. The third kappa shape index (κ3) is 2.12. The van der Waals surface area contributed by atoms with Gasteiger partial charge in [0.2, 0.25) is 0 Å². The van der Waals surface area contributed by atoms with Crippen LogP contribution in [0.1, 0.15) is 23.0 Å². The first-order valence-corrected chi connectivity index (χ1v) is 7.11. The van der Waals surface area contributed by atoms with Gasteiger partial charge in [0.1, 0.15) is 6.04 Å². The number of thiocarbonyl (C=S) groups is 1. The second-order valence-electron chi connectivity index (χ2n) is 5.11. The zero-order valence-corrected chi connectivity index (χ0v) is 12.9. The van der Waals surface area contributed by atoms with Crippen molar-refractivity contribution >= 4 is 23.2 Å². The zero-order valence-electron chi connectivity index (χ0n) is 12.1. The van der Waals surface area contributed by atoms with Gasteiger partial charge < -0.3 is 5.32 Å². The van der Waals surface area contributed by atoms with Gasteiger partial charge in [-0.25, -0.2) is 4.68 Å². The molecule has 1 aliphatic rings. The summed E-state index contributed by atoms with van der Waals surface area (Å²) in [6.07, 6.45) is 0. The number of nitrogens with one attached hydrogen (secondary N) is 1. The fourth-order valence-electron chi connectivity index (χ4n) is 2.66. The largest absolute Gasteiger partial charge is 0.347 e. The lowest BCUT2D eigenvalue weighted by Gasteiger charge is -2.10. The highest BCUT2D eigenvalue weighted by Crippen LogP contribution is 2.28. The van der Waals surface area contributed by atoms with Crippen LogP contribution in [0.15, 0.2) is 30.3 Å². The van der Waals surface area contributed by atoms with E-state index in [4.69, 9.17) is 12.2 Å². The summed E-state index contributed by atoms with van der Waals surface area (Å²) in [5.74, 6) is -0.0428. The molecule has 2 aromatic rings. The molecule has 1 atom stereocenters. The Labute approximate surface area is 128 Å². The van der Waals surface area contributed by atoms with Gasteiger partial charge in [-0.3, -0.25) is 9.69 Å². The molecule has 2 heterocycles. The average Bonchev–Trinajstić information content (AvgIpc) is 2.91. The molecule has 1 aliphatic heterocycles. The summed E-state index contributed by atoms with van der Waals surface area (Å²) in [6.45, 7) is 3.89. The molecule has 1 fully saturated rings. The third-order valence-electron chi connectivity index (χ3n) is 3.79. The monoisotopic (exact) mass is 300 g/mol. The Morgan fingerprint density at radius 1 is 1.24 bits per heavy atom. The summed E-state index contributed by atoms with van der Waals surface area (Å²) < 4.78 is 1.86. The van der Waals surface area contributed by atoms with E-state index in [9.17, 15) is 4.79 Å². The smallest absolute Gasteiger partial charge is 0.255 e. The van der Waals surface area contributed by atoms with Crippen molar-refractivity contribution in [1.82, 2.24) is 20.0 Å². The van der Waals surface area contributed by atoms with E-state index in [0.717, 1.165) is 22.6 Å². The molecule has 21 heavy (non-hydrogen) atoms. The van der Waals surface area contributed by atoms with Crippen LogP contribution in [0.3, 0.4) is 0 Å². The van der Waals surface area contributed by atoms with Crippen LogP contribution in [0.25, 0.3) is 5.69 Å². The first kappa shape index (κ1) is 13.8. The SMILES string of the molecule is Cc1nn(-c2ccccc2)c(C)c1[C@@H]1NC(=S)N(C)C1=O. The molecule has 1 aromatic carbocycles. The highest BCUT2D eigenvalue weighted by Gasteiger charge is 2.37. The number of benzene rings is 1. The highest BCUT2D eigenvalue weighted by atomic mass is 32.1. The molecule has 0 spiro atoms. The van der Waals surface area contributed by atoms with E-state index in [-0.39, 0.29) is 5.91 Å². The van der Waals surface area contributed by atoms with Gasteiger partial charge in [0.15, 0.2) is 5.11 Å². The van der Waals surface area contributed by atoms with Crippen LogP contribution in [0, 0.1) is 13.8 Å². The van der Waals surface area contributed by atoms with Gasteiger partial charge in [-0.1, -0.05) is 18.2 Å². The molecular formula is C15H16N4OS. The highest BCUT2D eigenvalue weighted by molar-refractivity contribution is 7.80. The number of hydrogen-bond acceptors (Lipinski definition) is 3. The molecule has 0 unspecified atom stereocenters. The van der Waals surface area contributed by atoms with E-state index in [1.54, 1.807) is 7.05 Å². The minimum Gasteiger partial charge on any atom is -0.347 e. The Hall–Kier alpha value is -2.21. The van der Waals surface area contributed by atoms with Gasteiger partial charge in [-0.05, 0) is 38.2 Å². The standard InChI is InChI=1S/C15H16N4OS/c1-9-12(13-14(20)18(3)15(21)16-13)10(2)19(17-9)11-7-5-4-6-8-11/h4-8,13H,1-3H3,(H,16,21)/t13-/m0/s1. The van der Waals surface area contributed by atoms with Crippen molar-refractivity contribution in [3.8, 4) is 5.69 Å². The molecule has 0 aliphatic carbocycles. The van der Waals surface area contributed by atoms with Crippen LogP contribution in [-0.4, -0.2) is 32.7 Å². The molecule has 6 heteroatoms. The topological polar surface area (TPSA) is 50.2 Å². The van der Waals surface area contributed by atoms with Crippen LogP contribution in [0.5, 0.6) is 0 Å². The normalized spacial score (nSPS) is 18.2. The fraction of sp³-hybridized carbons (Fsp3) is 0.267. The zero-order chi connectivity index (χ0) is 15.1. The van der Waals surface area contributed by atoms with Gasteiger partial charge in [-0.15, -0.1) is 0 Å². The number of nitrogens with zero attached hydrogens (tertiary/aromatic N) is 3. The molecule has 3 rings (SSSR count). The minimum atomic E-state index is -0.444. The maximum atomic E-state index is 12.3. The van der Waals surface area contributed by atoms with E-state index in [0.29, 0.717) is 5.11 Å². The number of hydrogen-bond donors (Lipinski definition) is 1. The van der Waals surface area contributed by atoms with Crippen molar-refractivity contribution in [2.45, 2.75) is 19.9 Å².